The van der Waals surface area contributed by atoms with Gasteiger partial charge in [-0.25, -0.2) is 4.79 Å². The highest BCUT2D eigenvalue weighted by Crippen LogP contribution is 2.35. The molecule has 5 heteroatoms. The number of aromatic carboxylic acids is 1. The van der Waals surface area contributed by atoms with E-state index in [0.29, 0.717) is 5.75 Å². The Balaban J connectivity index is 2.04. The van der Waals surface area contributed by atoms with E-state index >= 15 is 0 Å². The largest absolute Gasteiger partial charge is 0.496 e. The van der Waals surface area contributed by atoms with Gasteiger partial charge in [0.1, 0.15) is 11.3 Å². The van der Waals surface area contributed by atoms with Crippen molar-refractivity contribution in [3.63, 3.8) is 0 Å². The van der Waals surface area contributed by atoms with Crippen LogP contribution in [0.4, 0.5) is 0 Å². The average Bonchev–Trinajstić information content (AvgIpc) is 2.60. The molecule has 2 aliphatic rings. The van der Waals surface area contributed by atoms with Crippen LogP contribution in [0.5, 0.6) is 5.75 Å². The second kappa shape index (κ2) is 7.14. The minimum absolute atomic E-state index is 0.0868. The third-order valence-electron chi connectivity index (χ3n) is 5.35. The molecule has 1 aliphatic heterocycles. The lowest BCUT2D eigenvalue weighted by Crippen LogP contribution is -2.44. The molecule has 0 amide bonds. The molecule has 0 atom stereocenters. The van der Waals surface area contributed by atoms with Crippen LogP contribution in [0.25, 0.3) is 5.70 Å². The Morgan fingerprint density at radius 3 is 2.54 bits per heavy atom. The van der Waals surface area contributed by atoms with Crippen LogP contribution in [-0.4, -0.2) is 29.5 Å². The summed E-state index contributed by atoms with van der Waals surface area (Å²) in [7, 11) is 1.48. The van der Waals surface area contributed by atoms with Crippen molar-refractivity contribution in [1.29, 1.82) is 0 Å². The van der Waals surface area contributed by atoms with Gasteiger partial charge >= 0.3 is 5.97 Å². The van der Waals surface area contributed by atoms with Crippen LogP contribution in [-0.2, 0) is 11.2 Å². The molecule has 2 N–H and O–H groups in total. The topological polar surface area (TPSA) is 75.6 Å². The summed E-state index contributed by atoms with van der Waals surface area (Å²) in [6, 6.07) is 3.42. The van der Waals surface area contributed by atoms with Gasteiger partial charge in [0.2, 0.25) is 0 Å². The van der Waals surface area contributed by atoms with Crippen molar-refractivity contribution in [2.75, 3.05) is 7.11 Å². The van der Waals surface area contributed by atoms with Gasteiger partial charge in [0.15, 0.2) is 5.78 Å². The quantitative estimate of drug-likeness (QED) is 0.802. The summed E-state index contributed by atoms with van der Waals surface area (Å²) in [6.45, 7) is 4.15. The van der Waals surface area contributed by atoms with Gasteiger partial charge in [-0.05, 0) is 50.8 Å². The van der Waals surface area contributed by atoms with Crippen LogP contribution in [0.1, 0.15) is 67.4 Å². The van der Waals surface area contributed by atoms with E-state index in [9.17, 15) is 14.7 Å². The molecule has 5 nitrogen and oxygen atoms in total. The van der Waals surface area contributed by atoms with E-state index in [-0.39, 0.29) is 22.8 Å². The molecule has 1 fully saturated rings. The van der Waals surface area contributed by atoms with E-state index in [2.05, 4.69) is 19.2 Å². The van der Waals surface area contributed by atoms with E-state index in [4.69, 9.17) is 4.74 Å². The number of allylic oxidation sites excluding steroid dienone is 1. The van der Waals surface area contributed by atoms with Crippen LogP contribution >= 0.6 is 0 Å². The number of fused-ring (bicyclic) bond motifs is 1. The highest BCUT2D eigenvalue weighted by molar-refractivity contribution is 6.00. The number of nitrogens with one attached hydrogen (secondary N) is 1. The van der Waals surface area contributed by atoms with Crippen molar-refractivity contribution in [3.8, 4) is 5.75 Å². The molecule has 0 spiro atoms. The first-order valence-corrected chi connectivity index (χ1v) is 9.29. The second-order valence-corrected chi connectivity index (χ2v) is 8.00. The molecule has 0 radical (unpaired) electrons. The fourth-order valence-corrected chi connectivity index (χ4v) is 4.07. The van der Waals surface area contributed by atoms with Crippen molar-refractivity contribution < 1.29 is 19.4 Å². The summed E-state index contributed by atoms with van der Waals surface area (Å²) < 4.78 is 5.26. The summed E-state index contributed by atoms with van der Waals surface area (Å²) in [4.78, 5) is 24.4. The first-order valence-electron chi connectivity index (χ1n) is 9.29. The van der Waals surface area contributed by atoms with Crippen LogP contribution in [0.3, 0.4) is 0 Å². The van der Waals surface area contributed by atoms with Gasteiger partial charge in [0, 0.05) is 28.8 Å². The average molecular weight is 357 g/mol. The van der Waals surface area contributed by atoms with Crippen LogP contribution < -0.4 is 10.1 Å². The molecule has 0 unspecified atom stereocenters. The molecule has 1 heterocycles. The molecule has 0 aromatic heterocycles. The first-order chi connectivity index (χ1) is 12.3. The molecule has 0 saturated heterocycles. The summed E-state index contributed by atoms with van der Waals surface area (Å²) in [5.74, 6) is -0.452. The van der Waals surface area contributed by atoms with E-state index < -0.39 is 5.97 Å². The van der Waals surface area contributed by atoms with E-state index in [1.165, 1.54) is 13.5 Å². The highest BCUT2D eigenvalue weighted by Gasteiger charge is 2.31. The van der Waals surface area contributed by atoms with Gasteiger partial charge in [-0.3, -0.25) is 4.79 Å². The maximum Gasteiger partial charge on any atom is 0.339 e. The van der Waals surface area contributed by atoms with Crippen molar-refractivity contribution in [1.82, 2.24) is 5.32 Å². The van der Waals surface area contributed by atoms with Gasteiger partial charge in [-0.1, -0.05) is 19.3 Å². The minimum Gasteiger partial charge on any atom is -0.496 e. The van der Waals surface area contributed by atoms with Crippen molar-refractivity contribution >= 4 is 17.4 Å². The summed E-state index contributed by atoms with van der Waals surface area (Å²) >= 11 is 0. The lowest BCUT2D eigenvalue weighted by molar-refractivity contribution is -0.119. The number of benzene rings is 1. The zero-order valence-corrected chi connectivity index (χ0v) is 15.7. The summed E-state index contributed by atoms with van der Waals surface area (Å²) in [5, 5.41) is 12.9. The monoisotopic (exact) mass is 357 g/mol. The second-order valence-electron chi connectivity index (χ2n) is 8.00. The molecule has 3 rings (SSSR count). The number of carbonyl (C=O) groups excluding carboxylic acids is 1. The standard InChI is InChI=1S/C21H27NO4/c1-21(2)12-14-9-19(26-3)16(20(24)25)10-15(14)17(22-21)11-18(23)13-7-5-4-6-8-13/h9-11,13,22H,4-8,12H2,1-3H3,(H,24,25). The number of hydrogen-bond donors (Lipinski definition) is 2. The fourth-order valence-electron chi connectivity index (χ4n) is 4.07. The zero-order chi connectivity index (χ0) is 18.9. The number of ketones is 1. The predicted molar refractivity (Wildman–Crippen MR) is 100 cm³/mol. The van der Waals surface area contributed by atoms with Crippen LogP contribution in [0.15, 0.2) is 18.2 Å². The normalized spacial score (nSPS) is 21.0. The molecule has 1 aliphatic carbocycles. The number of carboxylic acids is 1. The smallest absolute Gasteiger partial charge is 0.339 e. The Bertz CT molecular complexity index is 758. The molecule has 1 aromatic carbocycles. The van der Waals surface area contributed by atoms with Gasteiger partial charge in [-0.2, -0.15) is 0 Å². The van der Waals surface area contributed by atoms with Gasteiger partial charge in [-0.15, -0.1) is 0 Å². The van der Waals surface area contributed by atoms with Crippen molar-refractivity contribution in [3.05, 3.63) is 34.9 Å². The number of hydrogen-bond acceptors (Lipinski definition) is 4. The van der Waals surface area contributed by atoms with Crippen molar-refractivity contribution in [2.45, 2.75) is 57.9 Å². The van der Waals surface area contributed by atoms with E-state index in [1.54, 1.807) is 18.2 Å². The number of methoxy groups -OCH3 is 1. The SMILES string of the molecule is COc1cc2c(cc1C(=O)O)C(=CC(=O)C1CCCCC1)NC(C)(C)C2. The maximum absolute atomic E-state index is 12.8. The third-order valence-corrected chi connectivity index (χ3v) is 5.35. The number of ether oxygens (including phenoxy) is 1. The molecule has 1 saturated carbocycles. The molecular formula is C21H27NO4. The summed E-state index contributed by atoms with van der Waals surface area (Å²) in [5.41, 5.74) is 2.40. The minimum atomic E-state index is -1.03. The molecular weight excluding hydrogens is 330 g/mol. The third kappa shape index (κ3) is 3.76. The van der Waals surface area contributed by atoms with Gasteiger partial charge in [0.25, 0.3) is 0 Å². The fraction of sp³-hybridized carbons (Fsp3) is 0.524. The molecule has 1 aromatic rings. The molecule has 26 heavy (non-hydrogen) atoms. The van der Waals surface area contributed by atoms with Gasteiger partial charge in [0.05, 0.1) is 7.11 Å². The maximum atomic E-state index is 12.8. The Hall–Kier alpha value is -2.30. The Labute approximate surface area is 154 Å². The highest BCUT2D eigenvalue weighted by atomic mass is 16.5. The Kier molecular flexibility index (Phi) is 5.08. The Morgan fingerprint density at radius 1 is 1.23 bits per heavy atom. The van der Waals surface area contributed by atoms with Crippen LogP contribution in [0.2, 0.25) is 0 Å². The molecule has 140 valence electrons. The Morgan fingerprint density at radius 2 is 1.92 bits per heavy atom. The first kappa shape index (κ1) is 18.5. The van der Waals surface area contributed by atoms with E-state index in [1.807, 2.05) is 0 Å². The van der Waals surface area contributed by atoms with E-state index in [0.717, 1.165) is 48.9 Å². The lowest BCUT2D eigenvalue weighted by Gasteiger charge is -2.36. The van der Waals surface area contributed by atoms with Crippen LogP contribution in [0, 0.1) is 5.92 Å². The number of carboxylic acid groups (broad SMARTS) is 1. The van der Waals surface area contributed by atoms with Crippen molar-refractivity contribution in [2.24, 2.45) is 5.92 Å². The lowest BCUT2D eigenvalue weighted by atomic mass is 9.82. The summed E-state index contributed by atoms with van der Waals surface area (Å²) in [6.07, 6.45) is 7.73. The predicted octanol–water partition coefficient (Wildman–Crippen LogP) is 3.81. The number of carbonyl (C=O) groups is 2. The molecule has 0 bridgehead atoms. The van der Waals surface area contributed by atoms with Gasteiger partial charge < -0.3 is 15.2 Å². The number of rotatable bonds is 4. The zero-order valence-electron chi connectivity index (χ0n) is 15.7.